The molecule has 0 aromatic carbocycles. The molecule has 2 aliphatic rings. The van der Waals surface area contributed by atoms with E-state index < -0.39 is 0 Å². The van der Waals surface area contributed by atoms with Crippen LogP contribution in [0.4, 0.5) is 0 Å². The molecule has 0 amide bonds. The fraction of sp³-hybridized carbons (Fsp3) is 0.556. The van der Waals surface area contributed by atoms with Gasteiger partial charge in [0.2, 0.25) is 0 Å². The molecular weight excluding hydrogens is 170 g/mol. The van der Waals surface area contributed by atoms with E-state index in [1.54, 1.807) is 7.05 Å². The Morgan fingerprint density at radius 3 is 2.08 bits per heavy atom. The van der Waals surface area contributed by atoms with Crippen LogP contribution in [0.2, 0.25) is 0 Å². The highest BCUT2D eigenvalue weighted by molar-refractivity contribution is 5.48. The zero-order chi connectivity index (χ0) is 9.16. The molecule has 2 unspecified atom stereocenters. The van der Waals surface area contributed by atoms with Crippen LogP contribution < -0.4 is 0 Å². The maximum atomic E-state index is 9.65. The zero-order valence-electron chi connectivity index (χ0n) is 7.32. The second-order valence-corrected chi connectivity index (χ2v) is 3.78. The molecule has 1 saturated heterocycles. The molecule has 0 saturated carbocycles. The third-order valence-electron chi connectivity index (χ3n) is 3.04. The van der Waals surface area contributed by atoms with Crippen LogP contribution in [0.3, 0.4) is 0 Å². The number of rotatable bonds is 0. The lowest BCUT2D eigenvalue weighted by Gasteiger charge is -2.05. The third-order valence-corrected chi connectivity index (χ3v) is 3.04. The predicted octanol–water partition coefficient (Wildman–Crippen LogP) is 0.302. The average molecular weight is 181 g/mol. The third kappa shape index (κ3) is 0.785. The van der Waals surface area contributed by atoms with Crippen LogP contribution in [0.1, 0.15) is 11.1 Å². The van der Waals surface area contributed by atoms with Gasteiger partial charge < -0.3 is 14.9 Å². The van der Waals surface area contributed by atoms with Crippen molar-refractivity contribution in [3.8, 4) is 11.8 Å². The molecule has 2 heterocycles. The smallest absolute Gasteiger partial charge is 0.197 e. The standard InChI is InChI=1S/C9H11NO3/c1-10-8(11)4-2-6-7(13-6)3-5(4)9(10)12/h6-7,11-12H,2-3H2,1H3. The summed E-state index contributed by atoms with van der Waals surface area (Å²) in [6.07, 6.45) is 2.03. The molecule has 2 N–H and O–H groups in total. The van der Waals surface area contributed by atoms with Gasteiger partial charge in [0.15, 0.2) is 11.8 Å². The summed E-state index contributed by atoms with van der Waals surface area (Å²) in [5, 5.41) is 19.3. The van der Waals surface area contributed by atoms with Crippen LogP contribution in [-0.4, -0.2) is 27.0 Å². The minimum atomic E-state index is 0.182. The highest BCUT2D eigenvalue weighted by atomic mass is 16.6. The van der Waals surface area contributed by atoms with Crippen molar-refractivity contribution in [2.75, 3.05) is 0 Å². The Kier molecular flexibility index (Phi) is 1.12. The Hall–Kier alpha value is -1.16. The van der Waals surface area contributed by atoms with Crippen molar-refractivity contribution in [3.05, 3.63) is 11.1 Å². The molecule has 0 radical (unpaired) electrons. The van der Waals surface area contributed by atoms with Crippen molar-refractivity contribution < 1.29 is 14.9 Å². The molecule has 1 aliphatic heterocycles. The molecule has 1 fully saturated rings. The van der Waals surface area contributed by atoms with Gasteiger partial charge in [0.05, 0.1) is 12.2 Å². The van der Waals surface area contributed by atoms with Crippen molar-refractivity contribution in [2.24, 2.45) is 7.05 Å². The number of nitrogens with zero attached hydrogens (tertiary/aromatic N) is 1. The summed E-state index contributed by atoms with van der Waals surface area (Å²) in [7, 11) is 1.66. The van der Waals surface area contributed by atoms with Crippen molar-refractivity contribution in [3.63, 3.8) is 0 Å². The normalized spacial score (nSPS) is 29.6. The maximum absolute atomic E-state index is 9.65. The van der Waals surface area contributed by atoms with Crippen LogP contribution in [0.25, 0.3) is 0 Å². The first kappa shape index (κ1) is 7.26. The van der Waals surface area contributed by atoms with Gasteiger partial charge in [-0.1, -0.05) is 0 Å². The van der Waals surface area contributed by atoms with Gasteiger partial charge in [-0.15, -0.1) is 0 Å². The molecule has 3 rings (SSSR count). The summed E-state index contributed by atoms with van der Waals surface area (Å²) in [4.78, 5) is 0. The molecule has 13 heavy (non-hydrogen) atoms. The predicted molar refractivity (Wildman–Crippen MR) is 44.8 cm³/mol. The van der Waals surface area contributed by atoms with Gasteiger partial charge in [-0.2, -0.15) is 0 Å². The van der Waals surface area contributed by atoms with Crippen LogP contribution in [0.5, 0.6) is 11.8 Å². The van der Waals surface area contributed by atoms with Crippen LogP contribution >= 0.6 is 0 Å². The van der Waals surface area contributed by atoms with E-state index in [1.165, 1.54) is 4.57 Å². The molecular formula is C9H11NO3. The number of hydrogen-bond donors (Lipinski definition) is 2. The Labute approximate surface area is 75.4 Å². The molecule has 4 heteroatoms. The van der Waals surface area contributed by atoms with Crippen molar-refractivity contribution >= 4 is 0 Å². The van der Waals surface area contributed by atoms with Gasteiger partial charge in [0.25, 0.3) is 0 Å². The van der Waals surface area contributed by atoms with E-state index in [0.29, 0.717) is 0 Å². The SMILES string of the molecule is Cn1c(O)c2c(c1O)CC1OC1C2. The summed E-state index contributed by atoms with van der Waals surface area (Å²) in [6.45, 7) is 0. The second-order valence-electron chi connectivity index (χ2n) is 3.78. The number of hydrogen-bond acceptors (Lipinski definition) is 3. The summed E-state index contributed by atoms with van der Waals surface area (Å²) >= 11 is 0. The van der Waals surface area contributed by atoms with E-state index in [1.807, 2.05) is 0 Å². The lowest BCUT2D eigenvalue weighted by Crippen LogP contribution is -2.09. The number of aromatic hydroxyl groups is 2. The fourth-order valence-corrected chi connectivity index (χ4v) is 2.14. The molecule has 1 aromatic rings. The first-order valence-corrected chi connectivity index (χ1v) is 4.42. The highest BCUT2D eigenvalue weighted by Crippen LogP contribution is 2.44. The first-order valence-electron chi connectivity index (χ1n) is 4.42. The van der Waals surface area contributed by atoms with E-state index >= 15 is 0 Å². The number of fused-ring (bicyclic) bond motifs is 2. The average Bonchev–Trinajstić information content (AvgIpc) is 2.86. The topological polar surface area (TPSA) is 57.9 Å². The largest absolute Gasteiger partial charge is 0.494 e. The fourth-order valence-electron chi connectivity index (χ4n) is 2.14. The summed E-state index contributed by atoms with van der Waals surface area (Å²) in [5.41, 5.74) is 1.72. The van der Waals surface area contributed by atoms with Crippen molar-refractivity contribution in [2.45, 2.75) is 25.0 Å². The summed E-state index contributed by atoms with van der Waals surface area (Å²) < 4.78 is 6.76. The van der Waals surface area contributed by atoms with Gasteiger partial charge >= 0.3 is 0 Å². The molecule has 70 valence electrons. The van der Waals surface area contributed by atoms with Crippen LogP contribution in [-0.2, 0) is 24.6 Å². The lowest BCUT2D eigenvalue weighted by atomic mass is 9.95. The molecule has 0 bridgehead atoms. The molecule has 0 spiro atoms. The zero-order valence-corrected chi connectivity index (χ0v) is 7.32. The van der Waals surface area contributed by atoms with Crippen molar-refractivity contribution in [1.29, 1.82) is 0 Å². The Balaban J connectivity index is 2.17. The van der Waals surface area contributed by atoms with Gasteiger partial charge in [-0.25, -0.2) is 0 Å². The van der Waals surface area contributed by atoms with E-state index in [9.17, 15) is 10.2 Å². The van der Waals surface area contributed by atoms with Gasteiger partial charge in [-0.05, 0) is 0 Å². The summed E-state index contributed by atoms with van der Waals surface area (Å²) in [6, 6.07) is 0. The van der Waals surface area contributed by atoms with Gasteiger partial charge in [0.1, 0.15) is 0 Å². The molecule has 2 atom stereocenters. The quantitative estimate of drug-likeness (QED) is 0.566. The number of ether oxygens (including phenoxy) is 1. The highest BCUT2D eigenvalue weighted by Gasteiger charge is 2.45. The molecule has 4 nitrogen and oxygen atoms in total. The monoisotopic (exact) mass is 181 g/mol. The Morgan fingerprint density at radius 2 is 1.62 bits per heavy atom. The minimum Gasteiger partial charge on any atom is -0.494 e. The van der Waals surface area contributed by atoms with Crippen LogP contribution in [0.15, 0.2) is 0 Å². The van der Waals surface area contributed by atoms with Gasteiger partial charge in [0, 0.05) is 31.0 Å². The van der Waals surface area contributed by atoms with Crippen LogP contribution in [0, 0.1) is 0 Å². The Bertz CT molecular complexity index is 349. The minimum absolute atomic E-state index is 0.182. The number of epoxide rings is 1. The first-order chi connectivity index (χ1) is 6.18. The van der Waals surface area contributed by atoms with E-state index in [0.717, 1.165) is 24.0 Å². The second kappa shape index (κ2) is 2.01. The Morgan fingerprint density at radius 1 is 1.15 bits per heavy atom. The number of aromatic nitrogens is 1. The van der Waals surface area contributed by atoms with Crippen molar-refractivity contribution in [1.82, 2.24) is 4.57 Å². The van der Waals surface area contributed by atoms with Gasteiger partial charge in [-0.3, -0.25) is 4.57 Å². The molecule has 1 aliphatic carbocycles. The molecule has 1 aromatic heterocycles. The maximum Gasteiger partial charge on any atom is 0.197 e. The van der Waals surface area contributed by atoms with E-state index in [-0.39, 0.29) is 24.0 Å². The lowest BCUT2D eigenvalue weighted by molar-refractivity contribution is 0.361. The summed E-state index contributed by atoms with van der Waals surface area (Å²) in [5.74, 6) is 0.364. The van der Waals surface area contributed by atoms with E-state index in [2.05, 4.69) is 0 Å². The van der Waals surface area contributed by atoms with E-state index in [4.69, 9.17) is 4.74 Å².